The molecule has 2 heterocycles. The number of hydrogen-bond acceptors (Lipinski definition) is 4. The minimum atomic E-state index is 0.342. The second-order valence-electron chi connectivity index (χ2n) is 5.63. The van der Waals surface area contributed by atoms with Crippen LogP contribution in [0.25, 0.3) is 0 Å². The Balaban J connectivity index is 1.61. The van der Waals surface area contributed by atoms with Gasteiger partial charge in [0, 0.05) is 19.5 Å². The van der Waals surface area contributed by atoms with Crippen LogP contribution in [0.3, 0.4) is 0 Å². The van der Waals surface area contributed by atoms with Crippen molar-refractivity contribution in [2.75, 3.05) is 39.3 Å². The van der Waals surface area contributed by atoms with E-state index in [2.05, 4.69) is 15.0 Å². The SMILES string of the molecule is NC(CCN1CCC(CN2CCCC2)CC1)=NO. The highest BCUT2D eigenvalue weighted by atomic mass is 16.4. The molecule has 3 N–H and O–H groups in total. The number of hydrogen-bond donors (Lipinski definition) is 2. The number of nitrogens with two attached hydrogens (primary N) is 1. The number of rotatable bonds is 5. The van der Waals surface area contributed by atoms with Crippen LogP contribution in [0, 0.1) is 5.92 Å². The Bertz CT molecular complexity index is 268. The van der Waals surface area contributed by atoms with Crippen molar-refractivity contribution in [1.29, 1.82) is 0 Å². The molecule has 0 radical (unpaired) electrons. The lowest BCUT2D eigenvalue weighted by Gasteiger charge is -2.33. The molecule has 2 aliphatic heterocycles. The summed E-state index contributed by atoms with van der Waals surface area (Å²) in [6.07, 6.45) is 6.05. The maximum absolute atomic E-state index is 8.50. The molecule has 0 spiro atoms. The lowest BCUT2D eigenvalue weighted by atomic mass is 9.96. The van der Waals surface area contributed by atoms with Gasteiger partial charge in [0.15, 0.2) is 0 Å². The summed E-state index contributed by atoms with van der Waals surface area (Å²) >= 11 is 0. The first-order chi connectivity index (χ1) is 8.78. The molecular formula is C13H26N4O. The summed E-state index contributed by atoms with van der Waals surface area (Å²) in [5.41, 5.74) is 5.49. The first-order valence-corrected chi connectivity index (χ1v) is 7.19. The zero-order valence-electron chi connectivity index (χ0n) is 11.2. The third-order valence-electron chi connectivity index (χ3n) is 4.23. The van der Waals surface area contributed by atoms with Gasteiger partial charge in [0.05, 0.1) is 0 Å². The fourth-order valence-electron chi connectivity index (χ4n) is 3.05. The number of nitrogens with zero attached hydrogens (tertiary/aromatic N) is 3. The molecule has 2 fully saturated rings. The average Bonchev–Trinajstić information content (AvgIpc) is 2.90. The molecule has 2 aliphatic rings. The Hall–Kier alpha value is -0.810. The van der Waals surface area contributed by atoms with Gasteiger partial charge in [-0.2, -0.15) is 0 Å². The molecule has 104 valence electrons. The molecule has 0 aromatic heterocycles. The van der Waals surface area contributed by atoms with Crippen molar-refractivity contribution in [2.24, 2.45) is 16.8 Å². The van der Waals surface area contributed by atoms with Gasteiger partial charge in [-0.1, -0.05) is 5.16 Å². The largest absolute Gasteiger partial charge is 0.409 e. The maximum atomic E-state index is 8.50. The molecule has 0 aromatic carbocycles. The summed E-state index contributed by atoms with van der Waals surface area (Å²) in [5.74, 6) is 1.22. The molecule has 0 saturated carbocycles. The number of amidine groups is 1. The Morgan fingerprint density at radius 3 is 2.39 bits per heavy atom. The Kier molecular flexibility index (Phi) is 5.26. The topological polar surface area (TPSA) is 65.1 Å². The zero-order chi connectivity index (χ0) is 12.8. The van der Waals surface area contributed by atoms with Crippen LogP contribution in [0.5, 0.6) is 0 Å². The Morgan fingerprint density at radius 1 is 1.11 bits per heavy atom. The van der Waals surface area contributed by atoms with E-state index < -0.39 is 0 Å². The van der Waals surface area contributed by atoms with Crippen LogP contribution in [0.1, 0.15) is 32.1 Å². The van der Waals surface area contributed by atoms with E-state index in [1.165, 1.54) is 45.3 Å². The molecule has 5 heteroatoms. The van der Waals surface area contributed by atoms with Gasteiger partial charge in [-0.15, -0.1) is 0 Å². The quantitative estimate of drug-likeness (QED) is 0.331. The average molecular weight is 254 g/mol. The highest BCUT2D eigenvalue weighted by molar-refractivity contribution is 5.79. The number of piperidine rings is 1. The van der Waals surface area contributed by atoms with Gasteiger partial charge in [0.2, 0.25) is 0 Å². The first-order valence-electron chi connectivity index (χ1n) is 7.19. The van der Waals surface area contributed by atoms with Gasteiger partial charge in [-0.25, -0.2) is 0 Å². The van der Waals surface area contributed by atoms with Gasteiger partial charge in [0.1, 0.15) is 5.84 Å². The molecule has 2 rings (SSSR count). The number of likely N-dealkylation sites (tertiary alicyclic amines) is 2. The molecule has 0 amide bonds. The summed E-state index contributed by atoms with van der Waals surface area (Å²) < 4.78 is 0. The highest BCUT2D eigenvalue weighted by Crippen LogP contribution is 2.20. The van der Waals surface area contributed by atoms with Gasteiger partial charge >= 0.3 is 0 Å². The molecule has 0 atom stereocenters. The third kappa shape index (κ3) is 4.14. The minimum absolute atomic E-state index is 0.342. The zero-order valence-corrected chi connectivity index (χ0v) is 11.2. The first kappa shape index (κ1) is 13.6. The molecule has 18 heavy (non-hydrogen) atoms. The summed E-state index contributed by atoms with van der Waals surface area (Å²) in [6.45, 7) is 7.17. The minimum Gasteiger partial charge on any atom is -0.409 e. The van der Waals surface area contributed by atoms with Gasteiger partial charge in [-0.05, 0) is 57.8 Å². The molecule has 5 nitrogen and oxygen atoms in total. The van der Waals surface area contributed by atoms with E-state index >= 15 is 0 Å². The van der Waals surface area contributed by atoms with E-state index in [-0.39, 0.29) is 0 Å². The van der Waals surface area contributed by atoms with Crippen LogP contribution in [-0.2, 0) is 0 Å². The summed E-state index contributed by atoms with van der Waals surface area (Å²) in [5, 5.41) is 11.5. The van der Waals surface area contributed by atoms with Crippen LogP contribution < -0.4 is 5.73 Å². The van der Waals surface area contributed by atoms with Crippen LogP contribution in [-0.4, -0.2) is 60.1 Å². The second-order valence-corrected chi connectivity index (χ2v) is 5.63. The summed E-state index contributed by atoms with van der Waals surface area (Å²) in [7, 11) is 0. The van der Waals surface area contributed by atoms with E-state index in [0.717, 1.165) is 25.6 Å². The molecule has 0 unspecified atom stereocenters. The van der Waals surface area contributed by atoms with E-state index in [1.807, 2.05) is 0 Å². The van der Waals surface area contributed by atoms with Crippen molar-refractivity contribution in [2.45, 2.75) is 32.1 Å². The van der Waals surface area contributed by atoms with Gasteiger partial charge < -0.3 is 20.7 Å². The maximum Gasteiger partial charge on any atom is 0.140 e. The van der Waals surface area contributed by atoms with E-state index in [9.17, 15) is 0 Å². The standard InChI is InChI=1S/C13H26N4O/c14-13(15-18)5-10-16-8-3-12(4-9-16)11-17-6-1-2-7-17/h12,18H,1-11H2,(H2,14,15). The Labute approximate surface area is 110 Å². The van der Waals surface area contributed by atoms with Crippen LogP contribution in [0.15, 0.2) is 5.16 Å². The smallest absolute Gasteiger partial charge is 0.140 e. The van der Waals surface area contributed by atoms with Crippen molar-refractivity contribution in [3.8, 4) is 0 Å². The molecule has 2 saturated heterocycles. The Morgan fingerprint density at radius 2 is 1.78 bits per heavy atom. The number of oxime groups is 1. The molecule has 0 bridgehead atoms. The second kappa shape index (κ2) is 6.95. The van der Waals surface area contributed by atoms with Crippen molar-refractivity contribution in [3.63, 3.8) is 0 Å². The predicted molar refractivity (Wildman–Crippen MR) is 72.9 cm³/mol. The fraction of sp³-hybridized carbons (Fsp3) is 0.923. The van der Waals surface area contributed by atoms with Crippen LogP contribution in [0.2, 0.25) is 0 Å². The van der Waals surface area contributed by atoms with E-state index in [0.29, 0.717) is 12.3 Å². The summed E-state index contributed by atoms with van der Waals surface area (Å²) in [6, 6.07) is 0. The normalized spacial score (nSPS) is 24.8. The van der Waals surface area contributed by atoms with Crippen LogP contribution in [0.4, 0.5) is 0 Å². The van der Waals surface area contributed by atoms with E-state index in [4.69, 9.17) is 10.9 Å². The predicted octanol–water partition coefficient (Wildman–Crippen LogP) is 0.931. The summed E-state index contributed by atoms with van der Waals surface area (Å²) in [4.78, 5) is 5.05. The molecule has 0 aromatic rings. The van der Waals surface area contributed by atoms with Crippen molar-refractivity contribution >= 4 is 5.84 Å². The van der Waals surface area contributed by atoms with Gasteiger partial charge in [-0.3, -0.25) is 0 Å². The molecule has 0 aliphatic carbocycles. The van der Waals surface area contributed by atoms with Crippen molar-refractivity contribution < 1.29 is 5.21 Å². The monoisotopic (exact) mass is 254 g/mol. The highest BCUT2D eigenvalue weighted by Gasteiger charge is 2.22. The van der Waals surface area contributed by atoms with E-state index in [1.54, 1.807) is 0 Å². The third-order valence-corrected chi connectivity index (χ3v) is 4.23. The molecular weight excluding hydrogens is 228 g/mol. The fourth-order valence-corrected chi connectivity index (χ4v) is 3.05. The van der Waals surface area contributed by atoms with Gasteiger partial charge in [0.25, 0.3) is 0 Å². The lowest BCUT2D eigenvalue weighted by molar-refractivity contribution is 0.156. The van der Waals surface area contributed by atoms with Crippen molar-refractivity contribution in [1.82, 2.24) is 9.80 Å². The lowest BCUT2D eigenvalue weighted by Crippen LogP contribution is -2.39. The van der Waals surface area contributed by atoms with Crippen molar-refractivity contribution in [3.05, 3.63) is 0 Å². The van der Waals surface area contributed by atoms with Crippen LogP contribution >= 0.6 is 0 Å².